The standard InChI is InChI=1S/C24H29N3O2S/c1-2-3-7-19-29-22-13-11-21(12-14-22)23(28)26-24(30)27(17-8-16-25)18-15-20-9-5-4-6-10-20/h4-6,9-14H,2-3,7-8,15,17-19H2,1H3,(H,26,28,30). The topological polar surface area (TPSA) is 65.4 Å². The number of nitrogens with zero attached hydrogens (tertiary/aromatic N) is 2. The first-order valence-corrected chi connectivity index (χ1v) is 10.8. The minimum Gasteiger partial charge on any atom is -0.494 e. The van der Waals surface area contributed by atoms with Crippen LogP contribution in [0.5, 0.6) is 5.75 Å². The first kappa shape index (κ1) is 23.4. The Morgan fingerprint density at radius 2 is 1.83 bits per heavy atom. The van der Waals surface area contributed by atoms with Gasteiger partial charge in [0, 0.05) is 18.7 Å². The third-order valence-electron chi connectivity index (χ3n) is 4.65. The molecular weight excluding hydrogens is 394 g/mol. The van der Waals surface area contributed by atoms with Gasteiger partial charge in [0.05, 0.1) is 19.1 Å². The number of hydrogen-bond acceptors (Lipinski definition) is 4. The number of nitrogens with one attached hydrogen (secondary N) is 1. The van der Waals surface area contributed by atoms with Crippen LogP contribution in [-0.2, 0) is 6.42 Å². The van der Waals surface area contributed by atoms with Crippen LogP contribution in [0, 0.1) is 11.3 Å². The Balaban J connectivity index is 1.90. The molecule has 0 aliphatic rings. The zero-order valence-corrected chi connectivity index (χ0v) is 18.3. The predicted octanol–water partition coefficient (Wildman–Crippen LogP) is 4.73. The minimum absolute atomic E-state index is 0.265. The summed E-state index contributed by atoms with van der Waals surface area (Å²) in [6, 6.07) is 19.3. The molecular formula is C24H29N3O2S. The molecule has 2 aromatic carbocycles. The summed E-state index contributed by atoms with van der Waals surface area (Å²) in [4.78, 5) is 14.5. The minimum atomic E-state index is -0.265. The van der Waals surface area contributed by atoms with Crippen LogP contribution < -0.4 is 10.1 Å². The van der Waals surface area contributed by atoms with Crippen LogP contribution in [0.3, 0.4) is 0 Å². The Morgan fingerprint density at radius 1 is 1.10 bits per heavy atom. The van der Waals surface area contributed by atoms with E-state index in [4.69, 9.17) is 22.2 Å². The van der Waals surface area contributed by atoms with Crippen molar-refractivity contribution < 1.29 is 9.53 Å². The summed E-state index contributed by atoms with van der Waals surface area (Å²) < 4.78 is 5.68. The monoisotopic (exact) mass is 423 g/mol. The van der Waals surface area contributed by atoms with Gasteiger partial charge in [-0.25, -0.2) is 0 Å². The largest absolute Gasteiger partial charge is 0.494 e. The molecule has 0 saturated carbocycles. The molecule has 0 heterocycles. The fourth-order valence-corrected chi connectivity index (χ4v) is 3.18. The summed E-state index contributed by atoms with van der Waals surface area (Å²) in [5, 5.41) is 12.1. The van der Waals surface area contributed by atoms with Crippen LogP contribution in [0.15, 0.2) is 54.6 Å². The molecule has 6 heteroatoms. The molecule has 30 heavy (non-hydrogen) atoms. The van der Waals surface area contributed by atoms with E-state index in [0.29, 0.717) is 36.8 Å². The van der Waals surface area contributed by atoms with Gasteiger partial charge in [-0.3, -0.25) is 10.1 Å². The van der Waals surface area contributed by atoms with Gasteiger partial charge in [-0.2, -0.15) is 5.26 Å². The maximum Gasteiger partial charge on any atom is 0.257 e. The number of benzene rings is 2. The van der Waals surface area contributed by atoms with Gasteiger partial charge in [0.15, 0.2) is 5.11 Å². The van der Waals surface area contributed by atoms with Crippen LogP contribution in [0.2, 0.25) is 0 Å². The molecule has 0 aliphatic heterocycles. The number of nitriles is 1. The lowest BCUT2D eigenvalue weighted by atomic mass is 10.1. The normalized spacial score (nSPS) is 10.1. The van der Waals surface area contributed by atoms with Crippen molar-refractivity contribution >= 4 is 23.2 Å². The second kappa shape index (κ2) is 13.3. The number of rotatable bonds is 11. The first-order valence-electron chi connectivity index (χ1n) is 10.4. The molecule has 1 amide bonds. The molecule has 2 rings (SSSR count). The van der Waals surface area contributed by atoms with Crippen molar-refractivity contribution in [2.45, 2.75) is 39.0 Å². The van der Waals surface area contributed by atoms with Gasteiger partial charge >= 0.3 is 0 Å². The number of carbonyl (C=O) groups excluding carboxylic acids is 1. The van der Waals surface area contributed by atoms with Crippen LogP contribution in [0.4, 0.5) is 0 Å². The number of thiocarbonyl (C=S) groups is 1. The van der Waals surface area contributed by atoms with Gasteiger partial charge in [0.1, 0.15) is 5.75 Å². The molecule has 0 radical (unpaired) electrons. The Labute approximate surface area is 184 Å². The molecule has 2 aromatic rings. The highest BCUT2D eigenvalue weighted by atomic mass is 32.1. The molecule has 1 N–H and O–H groups in total. The summed E-state index contributed by atoms with van der Waals surface area (Å²) in [6.07, 6.45) is 4.44. The smallest absolute Gasteiger partial charge is 0.257 e. The van der Waals surface area contributed by atoms with E-state index in [1.54, 1.807) is 24.3 Å². The van der Waals surface area contributed by atoms with E-state index in [2.05, 4.69) is 30.4 Å². The fourth-order valence-electron chi connectivity index (χ4n) is 2.90. The zero-order valence-electron chi connectivity index (χ0n) is 17.5. The molecule has 0 spiro atoms. The van der Waals surface area contributed by atoms with Crippen molar-refractivity contribution in [3.05, 3.63) is 65.7 Å². The number of amides is 1. The van der Waals surface area contributed by atoms with E-state index in [1.165, 1.54) is 5.56 Å². The molecule has 0 atom stereocenters. The average Bonchev–Trinajstić information content (AvgIpc) is 2.77. The van der Waals surface area contributed by atoms with E-state index in [1.807, 2.05) is 23.1 Å². The highest BCUT2D eigenvalue weighted by Crippen LogP contribution is 2.13. The number of ether oxygens (including phenoxy) is 1. The number of hydrogen-bond donors (Lipinski definition) is 1. The molecule has 158 valence electrons. The van der Waals surface area contributed by atoms with E-state index < -0.39 is 0 Å². The van der Waals surface area contributed by atoms with Crippen LogP contribution in [0.25, 0.3) is 0 Å². The van der Waals surface area contributed by atoms with E-state index in [9.17, 15) is 4.79 Å². The average molecular weight is 424 g/mol. The van der Waals surface area contributed by atoms with Crippen molar-refractivity contribution in [1.29, 1.82) is 5.26 Å². The first-order chi connectivity index (χ1) is 14.6. The summed E-state index contributed by atoms with van der Waals surface area (Å²) in [5.74, 6) is 0.489. The van der Waals surface area contributed by atoms with E-state index in [0.717, 1.165) is 31.4 Å². The van der Waals surface area contributed by atoms with Crippen molar-refractivity contribution in [2.75, 3.05) is 19.7 Å². The van der Waals surface area contributed by atoms with Gasteiger partial charge in [-0.05, 0) is 54.9 Å². The van der Waals surface area contributed by atoms with Crippen LogP contribution in [0.1, 0.15) is 48.5 Å². The SMILES string of the molecule is CCCCCOc1ccc(C(=O)NC(=S)N(CCC#N)CCc2ccccc2)cc1. The lowest BCUT2D eigenvalue weighted by Crippen LogP contribution is -2.44. The molecule has 0 aromatic heterocycles. The quantitative estimate of drug-likeness (QED) is 0.418. The van der Waals surface area contributed by atoms with Gasteiger partial charge in [0.2, 0.25) is 0 Å². The summed E-state index contributed by atoms with van der Waals surface area (Å²) in [5.41, 5.74) is 1.70. The highest BCUT2D eigenvalue weighted by Gasteiger charge is 2.14. The van der Waals surface area contributed by atoms with Gasteiger partial charge < -0.3 is 9.64 Å². The third-order valence-corrected chi connectivity index (χ3v) is 5.01. The molecule has 5 nitrogen and oxygen atoms in total. The van der Waals surface area contributed by atoms with Crippen molar-refractivity contribution in [1.82, 2.24) is 10.2 Å². The zero-order chi connectivity index (χ0) is 21.6. The highest BCUT2D eigenvalue weighted by molar-refractivity contribution is 7.80. The Morgan fingerprint density at radius 3 is 2.50 bits per heavy atom. The Kier molecular flexibility index (Phi) is 10.4. The summed E-state index contributed by atoms with van der Waals surface area (Å²) >= 11 is 5.45. The Bertz CT molecular complexity index is 832. The molecule has 0 fully saturated rings. The van der Waals surface area contributed by atoms with Crippen molar-refractivity contribution in [3.8, 4) is 11.8 Å². The molecule has 0 saturated heterocycles. The molecule has 0 aliphatic carbocycles. The maximum absolute atomic E-state index is 12.6. The van der Waals surface area contributed by atoms with Crippen molar-refractivity contribution in [3.63, 3.8) is 0 Å². The lowest BCUT2D eigenvalue weighted by Gasteiger charge is -2.24. The summed E-state index contributed by atoms with van der Waals surface area (Å²) in [6.45, 7) is 3.95. The second-order valence-corrected chi connectivity index (χ2v) is 7.36. The fraction of sp³-hybridized carbons (Fsp3) is 0.375. The van der Waals surface area contributed by atoms with Crippen molar-refractivity contribution in [2.24, 2.45) is 0 Å². The number of carbonyl (C=O) groups is 1. The lowest BCUT2D eigenvalue weighted by molar-refractivity contribution is 0.0973. The second-order valence-electron chi connectivity index (χ2n) is 6.97. The van der Waals surface area contributed by atoms with Gasteiger partial charge in [-0.1, -0.05) is 50.1 Å². The molecule has 0 unspecified atom stereocenters. The number of unbranched alkanes of at least 4 members (excludes halogenated alkanes) is 2. The van der Waals surface area contributed by atoms with Crippen LogP contribution >= 0.6 is 12.2 Å². The molecule has 0 bridgehead atoms. The Hall–Kier alpha value is -2.91. The third kappa shape index (κ3) is 8.22. The van der Waals surface area contributed by atoms with E-state index in [-0.39, 0.29) is 5.91 Å². The maximum atomic E-state index is 12.6. The van der Waals surface area contributed by atoms with Crippen LogP contribution in [-0.4, -0.2) is 35.6 Å². The van der Waals surface area contributed by atoms with Gasteiger partial charge in [-0.15, -0.1) is 0 Å². The van der Waals surface area contributed by atoms with E-state index >= 15 is 0 Å². The predicted molar refractivity (Wildman–Crippen MR) is 123 cm³/mol. The summed E-state index contributed by atoms with van der Waals surface area (Å²) in [7, 11) is 0. The van der Waals surface area contributed by atoms with Gasteiger partial charge in [0.25, 0.3) is 5.91 Å².